The van der Waals surface area contributed by atoms with E-state index in [0.29, 0.717) is 28.8 Å². The van der Waals surface area contributed by atoms with E-state index in [1.54, 1.807) is 24.3 Å². The molecule has 1 aromatic heterocycles. The molecular formula is C19H23ClN4O2. The molecule has 1 aliphatic rings. The molecule has 3 rings (SSSR count). The van der Waals surface area contributed by atoms with E-state index in [2.05, 4.69) is 15.6 Å². The number of aromatic nitrogens is 2. The maximum Gasteiger partial charge on any atom is 0.287 e. The topological polar surface area (TPSA) is 76.0 Å². The van der Waals surface area contributed by atoms with Gasteiger partial charge in [-0.3, -0.25) is 9.59 Å². The number of hydrogen-bond acceptors (Lipinski definition) is 3. The van der Waals surface area contributed by atoms with E-state index in [1.807, 2.05) is 18.4 Å². The quantitative estimate of drug-likeness (QED) is 0.838. The van der Waals surface area contributed by atoms with Crippen LogP contribution in [0.3, 0.4) is 0 Å². The second-order valence-corrected chi connectivity index (χ2v) is 6.96. The number of benzene rings is 1. The molecule has 26 heavy (non-hydrogen) atoms. The summed E-state index contributed by atoms with van der Waals surface area (Å²) in [6.45, 7) is 4.66. The molecule has 2 heterocycles. The Morgan fingerprint density at radius 2 is 2.04 bits per heavy atom. The largest absolute Gasteiger partial charge is 0.347 e. The van der Waals surface area contributed by atoms with Crippen LogP contribution in [0.2, 0.25) is 5.02 Å². The molecule has 1 atom stereocenters. The van der Waals surface area contributed by atoms with E-state index in [9.17, 15) is 9.59 Å². The van der Waals surface area contributed by atoms with E-state index in [1.165, 1.54) is 0 Å². The Morgan fingerprint density at radius 1 is 1.27 bits per heavy atom. The highest BCUT2D eigenvalue weighted by atomic mass is 35.5. The molecule has 2 N–H and O–H groups in total. The minimum atomic E-state index is -0.341. The van der Waals surface area contributed by atoms with E-state index in [0.717, 1.165) is 31.4 Å². The minimum Gasteiger partial charge on any atom is -0.347 e. The third-order valence-electron chi connectivity index (χ3n) is 4.65. The summed E-state index contributed by atoms with van der Waals surface area (Å²) >= 11 is 6.12. The Balaban J connectivity index is 1.91. The van der Waals surface area contributed by atoms with Crippen molar-refractivity contribution < 1.29 is 9.59 Å². The van der Waals surface area contributed by atoms with Crippen LogP contribution in [0.1, 0.15) is 59.9 Å². The van der Waals surface area contributed by atoms with Crippen molar-refractivity contribution in [3.63, 3.8) is 0 Å². The molecule has 0 fully saturated rings. The monoisotopic (exact) mass is 374 g/mol. The molecule has 1 unspecified atom stereocenters. The molecule has 1 aliphatic heterocycles. The van der Waals surface area contributed by atoms with E-state index >= 15 is 0 Å². The Morgan fingerprint density at radius 3 is 2.77 bits per heavy atom. The fourth-order valence-corrected chi connectivity index (χ4v) is 3.22. The lowest BCUT2D eigenvalue weighted by Crippen LogP contribution is -2.34. The molecule has 6 nitrogen and oxygen atoms in total. The van der Waals surface area contributed by atoms with Crippen molar-refractivity contribution in [2.45, 2.75) is 52.1 Å². The van der Waals surface area contributed by atoms with Crippen LogP contribution in [-0.4, -0.2) is 27.4 Å². The van der Waals surface area contributed by atoms with E-state index in [-0.39, 0.29) is 17.9 Å². The third-order valence-corrected chi connectivity index (χ3v) is 4.98. The van der Waals surface area contributed by atoms with Gasteiger partial charge in [-0.05, 0) is 44.7 Å². The number of hydrogen-bond donors (Lipinski definition) is 2. The highest BCUT2D eigenvalue weighted by molar-refractivity contribution is 6.33. The van der Waals surface area contributed by atoms with Gasteiger partial charge in [-0.1, -0.05) is 30.7 Å². The Labute approximate surface area is 157 Å². The van der Waals surface area contributed by atoms with Gasteiger partial charge >= 0.3 is 0 Å². The van der Waals surface area contributed by atoms with Crippen LogP contribution in [0.4, 0.5) is 5.69 Å². The number of rotatable bonds is 5. The first-order valence-corrected chi connectivity index (χ1v) is 9.35. The summed E-state index contributed by atoms with van der Waals surface area (Å²) in [6, 6.07) is 7.10. The number of nitrogens with one attached hydrogen (secondary N) is 2. The van der Waals surface area contributed by atoms with Gasteiger partial charge in [0.2, 0.25) is 0 Å². The number of halogens is 1. The second-order valence-electron chi connectivity index (χ2n) is 6.56. The number of imidazole rings is 1. The van der Waals surface area contributed by atoms with Crippen LogP contribution in [0.15, 0.2) is 24.3 Å². The molecular weight excluding hydrogens is 352 g/mol. The summed E-state index contributed by atoms with van der Waals surface area (Å²) in [5.74, 6) is -0.269. The average molecular weight is 375 g/mol. The zero-order valence-electron chi connectivity index (χ0n) is 15.0. The van der Waals surface area contributed by atoms with Crippen LogP contribution in [0, 0.1) is 0 Å². The lowest BCUT2D eigenvalue weighted by molar-refractivity contribution is 0.0923. The smallest absolute Gasteiger partial charge is 0.287 e. The van der Waals surface area contributed by atoms with Crippen molar-refractivity contribution >= 4 is 29.1 Å². The maximum absolute atomic E-state index is 12.8. The summed E-state index contributed by atoms with van der Waals surface area (Å²) in [5, 5.41) is 6.20. The van der Waals surface area contributed by atoms with Crippen LogP contribution < -0.4 is 10.6 Å². The minimum absolute atomic E-state index is 0.0550. The zero-order chi connectivity index (χ0) is 18.7. The van der Waals surface area contributed by atoms with Gasteiger partial charge in [0.25, 0.3) is 11.8 Å². The molecule has 0 radical (unpaired) electrons. The molecule has 7 heteroatoms. The first-order chi connectivity index (χ1) is 12.5. The molecule has 0 bridgehead atoms. The second kappa shape index (κ2) is 7.91. The zero-order valence-corrected chi connectivity index (χ0v) is 15.8. The Kier molecular flexibility index (Phi) is 5.61. The number of fused-ring (bicyclic) bond motifs is 1. The lowest BCUT2D eigenvalue weighted by Gasteiger charge is -2.18. The fraction of sp³-hybridized carbons (Fsp3) is 0.421. The maximum atomic E-state index is 12.8. The van der Waals surface area contributed by atoms with Crippen molar-refractivity contribution in [2.75, 3.05) is 5.32 Å². The van der Waals surface area contributed by atoms with Gasteiger partial charge in [0, 0.05) is 12.6 Å². The highest BCUT2D eigenvalue weighted by Gasteiger charge is 2.28. The van der Waals surface area contributed by atoms with E-state index in [4.69, 9.17) is 11.6 Å². The third kappa shape index (κ3) is 3.75. The van der Waals surface area contributed by atoms with Crippen molar-refractivity contribution in [3.8, 4) is 0 Å². The molecule has 138 valence electrons. The first-order valence-electron chi connectivity index (χ1n) is 8.97. The molecule has 0 spiro atoms. The summed E-state index contributed by atoms with van der Waals surface area (Å²) in [7, 11) is 0. The molecule has 2 amide bonds. The van der Waals surface area contributed by atoms with Gasteiger partial charge in [-0.15, -0.1) is 0 Å². The van der Waals surface area contributed by atoms with Gasteiger partial charge in [0.1, 0.15) is 0 Å². The van der Waals surface area contributed by atoms with Gasteiger partial charge in [0.15, 0.2) is 11.5 Å². The highest BCUT2D eigenvalue weighted by Crippen LogP contribution is 2.24. The van der Waals surface area contributed by atoms with Crippen molar-refractivity contribution in [3.05, 3.63) is 46.5 Å². The SMILES string of the molecule is CCC(C)NC(=O)c1nc(C(=O)Nc2ccccc2Cl)c2n1CCCC2. The molecule has 2 aromatic rings. The van der Waals surface area contributed by atoms with Crippen LogP contribution >= 0.6 is 11.6 Å². The summed E-state index contributed by atoms with van der Waals surface area (Å²) in [5.41, 5.74) is 1.65. The van der Waals surface area contributed by atoms with E-state index < -0.39 is 0 Å². The number of nitrogens with zero attached hydrogens (tertiary/aromatic N) is 2. The summed E-state index contributed by atoms with van der Waals surface area (Å²) < 4.78 is 1.88. The van der Waals surface area contributed by atoms with Crippen LogP contribution in [0.5, 0.6) is 0 Å². The molecule has 0 saturated carbocycles. The number of para-hydroxylation sites is 1. The lowest BCUT2D eigenvalue weighted by atomic mass is 10.1. The summed E-state index contributed by atoms with van der Waals surface area (Å²) in [6.07, 6.45) is 3.51. The fourth-order valence-electron chi connectivity index (χ4n) is 3.03. The van der Waals surface area contributed by atoms with Crippen molar-refractivity contribution in [2.24, 2.45) is 0 Å². The predicted octanol–water partition coefficient (Wildman–Crippen LogP) is 3.65. The van der Waals surface area contributed by atoms with Gasteiger partial charge in [-0.2, -0.15) is 0 Å². The Bertz CT molecular complexity index is 831. The number of anilines is 1. The van der Waals surface area contributed by atoms with Gasteiger partial charge < -0.3 is 15.2 Å². The number of amides is 2. The first kappa shape index (κ1) is 18.5. The predicted molar refractivity (Wildman–Crippen MR) is 102 cm³/mol. The number of carbonyl (C=O) groups excluding carboxylic acids is 2. The number of carbonyl (C=O) groups is 2. The van der Waals surface area contributed by atoms with Gasteiger partial charge in [0.05, 0.1) is 16.4 Å². The van der Waals surface area contributed by atoms with Gasteiger partial charge in [-0.25, -0.2) is 4.98 Å². The summed E-state index contributed by atoms with van der Waals surface area (Å²) in [4.78, 5) is 29.8. The van der Waals surface area contributed by atoms with Crippen molar-refractivity contribution in [1.29, 1.82) is 0 Å². The molecule has 1 aromatic carbocycles. The standard InChI is InChI=1S/C19H23ClN4O2/c1-3-12(2)21-19(26)17-23-16(15-10-6-7-11-24(15)17)18(25)22-14-9-5-4-8-13(14)20/h4-5,8-9,12H,3,6-7,10-11H2,1-2H3,(H,21,26)(H,22,25). The van der Waals surface area contributed by atoms with Crippen LogP contribution in [-0.2, 0) is 13.0 Å². The van der Waals surface area contributed by atoms with Crippen molar-refractivity contribution in [1.82, 2.24) is 14.9 Å². The molecule has 0 saturated heterocycles. The normalized spacial score (nSPS) is 14.4. The molecule has 0 aliphatic carbocycles. The average Bonchev–Trinajstić information content (AvgIpc) is 3.03. The Hall–Kier alpha value is -2.34. The van der Waals surface area contributed by atoms with Crippen LogP contribution in [0.25, 0.3) is 0 Å².